The fourth-order valence-corrected chi connectivity index (χ4v) is 2.32. The van der Waals surface area contributed by atoms with E-state index in [2.05, 4.69) is 11.7 Å². The summed E-state index contributed by atoms with van der Waals surface area (Å²) in [4.78, 5) is 23.5. The van der Waals surface area contributed by atoms with Crippen LogP contribution in [0.25, 0.3) is 18.3 Å². The molecule has 1 aromatic heterocycles. The highest BCUT2D eigenvalue weighted by atomic mass is 16.4. The van der Waals surface area contributed by atoms with Crippen LogP contribution in [0.5, 0.6) is 5.75 Å². The van der Waals surface area contributed by atoms with Crippen molar-refractivity contribution in [1.82, 2.24) is 9.78 Å². The van der Waals surface area contributed by atoms with Crippen LogP contribution in [0.3, 0.4) is 0 Å². The minimum Gasteiger partial charge on any atom is -0.508 e. The maximum absolute atomic E-state index is 12.6. The Labute approximate surface area is 136 Å². The number of phenolic OH excluding ortho intramolecular Hbond substituents is 1. The van der Waals surface area contributed by atoms with Crippen LogP contribution in [0.15, 0.2) is 53.3 Å². The number of nitrogens with zero attached hydrogens (tertiary/aromatic N) is 1. The van der Waals surface area contributed by atoms with Gasteiger partial charge in [-0.1, -0.05) is 18.7 Å². The number of phenols is 1. The number of hydrogen-bond donors (Lipinski definition) is 3. The molecule has 0 atom stereocenters. The molecule has 0 aliphatic carbocycles. The van der Waals surface area contributed by atoms with E-state index in [1.165, 1.54) is 28.9 Å². The van der Waals surface area contributed by atoms with Crippen molar-refractivity contribution in [2.75, 3.05) is 0 Å². The summed E-state index contributed by atoms with van der Waals surface area (Å²) in [6, 6.07) is 12.4. The summed E-state index contributed by atoms with van der Waals surface area (Å²) in [6.07, 6.45) is 1.67. The van der Waals surface area contributed by atoms with Crippen molar-refractivity contribution < 1.29 is 15.0 Å². The highest BCUT2D eigenvalue weighted by molar-refractivity contribution is 5.87. The molecule has 1 heterocycles. The number of carboxylic acid groups (broad SMARTS) is 1. The molecule has 0 radical (unpaired) electrons. The van der Waals surface area contributed by atoms with Gasteiger partial charge >= 0.3 is 5.97 Å². The zero-order chi connectivity index (χ0) is 17.3. The molecule has 24 heavy (non-hydrogen) atoms. The van der Waals surface area contributed by atoms with Gasteiger partial charge < -0.3 is 10.2 Å². The molecule has 0 unspecified atom stereocenters. The van der Waals surface area contributed by atoms with E-state index in [1.54, 1.807) is 30.3 Å². The third-order valence-electron chi connectivity index (χ3n) is 3.58. The second-order valence-electron chi connectivity index (χ2n) is 5.23. The zero-order valence-electron chi connectivity index (χ0n) is 12.6. The van der Waals surface area contributed by atoms with Crippen molar-refractivity contribution >= 4 is 18.6 Å². The van der Waals surface area contributed by atoms with Crippen LogP contribution in [0.1, 0.15) is 15.9 Å². The molecule has 3 rings (SSSR count). The molecule has 3 aromatic rings. The van der Waals surface area contributed by atoms with Gasteiger partial charge in [-0.25, -0.2) is 9.48 Å². The first-order valence-electron chi connectivity index (χ1n) is 7.10. The number of aromatic amines is 1. The van der Waals surface area contributed by atoms with Crippen molar-refractivity contribution in [2.45, 2.75) is 0 Å². The quantitative estimate of drug-likeness (QED) is 0.665. The number of carbonyl (C=O) groups is 1. The third-order valence-corrected chi connectivity index (χ3v) is 3.58. The minimum atomic E-state index is -1.03. The maximum Gasteiger partial charge on any atom is 0.335 e. The summed E-state index contributed by atoms with van der Waals surface area (Å²) in [5.41, 5.74) is 1.11. The lowest BCUT2D eigenvalue weighted by molar-refractivity contribution is 0.0697. The van der Waals surface area contributed by atoms with Crippen molar-refractivity contribution in [3.63, 3.8) is 0 Å². The average molecular weight is 322 g/mol. The van der Waals surface area contributed by atoms with Crippen LogP contribution in [0, 0.1) is 0 Å². The van der Waals surface area contributed by atoms with E-state index in [4.69, 9.17) is 5.11 Å². The molecule has 6 heteroatoms. The van der Waals surface area contributed by atoms with E-state index >= 15 is 0 Å². The lowest BCUT2D eigenvalue weighted by atomic mass is 10.2. The Kier molecular flexibility index (Phi) is 3.79. The molecule has 0 fully saturated rings. The number of aromatic hydroxyl groups is 1. The smallest absolute Gasteiger partial charge is 0.335 e. The topological polar surface area (TPSA) is 95.3 Å². The van der Waals surface area contributed by atoms with Crippen molar-refractivity contribution in [2.24, 2.45) is 0 Å². The first kappa shape index (κ1) is 15.4. The van der Waals surface area contributed by atoms with Crippen molar-refractivity contribution in [3.05, 3.63) is 80.6 Å². The maximum atomic E-state index is 12.6. The predicted molar refractivity (Wildman–Crippen MR) is 89.8 cm³/mol. The molecular formula is C18H14N2O4. The first-order chi connectivity index (χ1) is 11.5. The summed E-state index contributed by atoms with van der Waals surface area (Å²) < 4.78 is 1.31. The molecule has 0 aliphatic rings. The normalized spacial score (nSPS) is 11.6. The van der Waals surface area contributed by atoms with Gasteiger partial charge in [0.25, 0.3) is 5.56 Å². The number of aromatic nitrogens is 2. The first-order valence-corrected chi connectivity index (χ1v) is 7.10. The molecule has 0 spiro atoms. The van der Waals surface area contributed by atoms with Gasteiger partial charge in [0.2, 0.25) is 0 Å². The Hall–Kier alpha value is -3.54. The van der Waals surface area contributed by atoms with Gasteiger partial charge in [-0.3, -0.25) is 9.89 Å². The van der Waals surface area contributed by atoms with E-state index in [9.17, 15) is 14.7 Å². The van der Waals surface area contributed by atoms with Gasteiger partial charge in [-0.15, -0.1) is 0 Å². The summed E-state index contributed by atoms with van der Waals surface area (Å²) in [6.45, 7) is 3.84. The minimum absolute atomic E-state index is 0.143. The molecule has 6 nitrogen and oxygen atoms in total. The van der Waals surface area contributed by atoms with Gasteiger partial charge in [-0.05, 0) is 48.0 Å². The lowest BCUT2D eigenvalue weighted by Crippen LogP contribution is -2.33. The Balaban J connectivity index is 2.10. The molecule has 0 bridgehead atoms. The summed E-state index contributed by atoms with van der Waals surface area (Å²) in [5, 5.41) is 21.9. The number of hydrogen-bond acceptors (Lipinski definition) is 3. The van der Waals surface area contributed by atoms with E-state index in [1.807, 2.05) is 0 Å². The molecule has 0 aliphatic heterocycles. The predicted octanol–water partition coefficient (Wildman–Crippen LogP) is 0.808. The number of rotatable bonds is 3. The number of H-pyrrole nitrogens is 1. The molecule has 120 valence electrons. The van der Waals surface area contributed by atoms with Crippen molar-refractivity contribution in [3.8, 4) is 11.4 Å². The highest BCUT2D eigenvalue weighted by Gasteiger charge is 2.07. The largest absolute Gasteiger partial charge is 0.508 e. The van der Waals surface area contributed by atoms with E-state index < -0.39 is 5.97 Å². The summed E-state index contributed by atoms with van der Waals surface area (Å²) in [7, 11) is 0. The fraction of sp³-hybridized carbons (Fsp3) is 0. The second kappa shape index (κ2) is 5.92. The van der Waals surface area contributed by atoms with Crippen LogP contribution < -0.4 is 16.1 Å². The molecule has 3 N–H and O–H groups in total. The van der Waals surface area contributed by atoms with E-state index in [-0.39, 0.29) is 16.9 Å². The van der Waals surface area contributed by atoms with Crippen LogP contribution in [-0.2, 0) is 0 Å². The number of carboxylic acids is 1. The molecular weight excluding hydrogens is 308 g/mol. The van der Waals surface area contributed by atoms with Gasteiger partial charge in [-0.2, -0.15) is 0 Å². The average Bonchev–Trinajstić information content (AvgIpc) is 2.85. The van der Waals surface area contributed by atoms with E-state index in [0.29, 0.717) is 16.3 Å². The molecule has 0 saturated carbocycles. The number of benzene rings is 2. The number of nitrogens with one attached hydrogen (secondary N) is 1. The Morgan fingerprint density at radius 3 is 2.29 bits per heavy atom. The summed E-state index contributed by atoms with van der Waals surface area (Å²) >= 11 is 0. The highest BCUT2D eigenvalue weighted by Crippen LogP contribution is 2.09. The van der Waals surface area contributed by atoms with Crippen molar-refractivity contribution in [1.29, 1.82) is 0 Å². The fourth-order valence-electron chi connectivity index (χ4n) is 2.32. The molecule has 0 amide bonds. The van der Waals surface area contributed by atoms with Gasteiger partial charge in [0.05, 0.1) is 21.8 Å². The Morgan fingerprint density at radius 1 is 1.08 bits per heavy atom. The van der Waals surface area contributed by atoms with Crippen LogP contribution in [-0.4, -0.2) is 26.0 Å². The van der Waals surface area contributed by atoms with E-state index in [0.717, 1.165) is 5.56 Å². The van der Waals surface area contributed by atoms with Crippen LogP contribution in [0.2, 0.25) is 0 Å². The SMILES string of the molecule is C=c1[nH]n(-c2ccc(C(=O)O)cc2)c(=O)/c1=C\c1ccc(O)cc1. The monoisotopic (exact) mass is 322 g/mol. The second-order valence-corrected chi connectivity index (χ2v) is 5.23. The van der Waals surface area contributed by atoms with Gasteiger partial charge in [0.15, 0.2) is 0 Å². The van der Waals surface area contributed by atoms with Crippen LogP contribution in [0.4, 0.5) is 0 Å². The zero-order valence-corrected chi connectivity index (χ0v) is 12.6. The molecule has 0 saturated heterocycles. The number of aromatic carboxylic acids is 1. The van der Waals surface area contributed by atoms with Crippen LogP contribution >= 0.6 is 0 Å². The standard InChI is InChI=1S/C18H14N2O4/c1-11-16(10-12-2-8-15(21)9-3-12)17(22)20(19-11)14-6-4-13(5-7-14)18(23)24/h2-10,19,21H,1H2,(H,23,24)/b16-10-. The van der Waals surface area contributed by atoms with Gasteiger partial charge in [0, 0.05) is 0 Å². The third kappa shape index (κ3) is 2.85. The Morgan fingerprint density at radius 2 is 1.71 bits per heavy atom. The summed E-state index contributed by atoms with van der Waals surface area (Å²) in [5.74, 6) is -0.883. The van der Waals surface area contributed by atoms with Gasteiger partial charge in [0.1, 0.15) is 5.75 Å². The Bertz CT molecular complexity index is 1060. The lowest BCUT2D eigenvalue weighted by Gasteiger charge is -2.01. The molecule has 2 aromatic carbocycles.